The van der Waals surface area contributed by atoms with Crippen LogP contribution in [-0.4, -0.2) is 49.8 Å². The number of hydrogen-bond acceptors (Lipinski definition) is 7. The summed E-state index contributed by atoms with van der Waals surface area (Å²) in [4.78, 5) is 0.0672. The molecular weight excluding hydrogens is 535 g/mol. The van der Waals surface area contributed by atoms with Gasteiger partial charge in [-0.3, -0.25) is 0 Å². The molecule has 11 heteroatoms. The highest BCUT2D eigenvalue weighted by molar-refractivity contribution is 14.1. The fraction of sp³-hybridized carbons (Fsp3) is 0.300. The van der Waals surface area contributed by atoms with Gasteiger partial charge in [-0.15, -0.1) is 5.10 Å². The van der Waals surface area contributed by atoms with Gasteiger partial charge in [0.05, 0.1) is 44.1 Å². The number of ether oxygens (including phenoxy) is 3. The van der Waals surface area contributed by atoms with Gasteiger partial charge >= 0.3 is 0 Å². The van der Waals surface area contributed by atoms with Crippen molar-refractivity contribution in [3.05, 3.63) is 69.6 Å². The number of hydrogen-bond donors (Lipinski definition) is 1. The Hall–Kier alpha value is -2.06. The molecule has 0 saturated carbocycles. The van der Waals surface area contributed by atoms with Crippen LogP contribution in [0.3, 0.4) is 0 Å². The molecule has 9 nitrogen and oxygen atoms in total. The molecule has 3 rings (SSSR count). The summed E-state index contributed by atoms with van der Waals surface area (Å²) >= 11 is 2.25. The van der Waals surface area contributed by atoms with E-state index in [0.29, 0.717) is 45.3 Å². The van der Waals surface area contributed by atoms with E-state index >= 15 is 0 Å². The number of sulfonamides is 1. The predicted octanol–water partition coefficient (Wildman–Crippen LogP) is 2.19. The van der Waals surface area contributed by atoms with E-state index in [4.69, 9.17) is 19.3 Å². The van der Waals surface area contributed by atoms with Gasteiger partial charge in [0.15, 0.2) is 0 Å². The van der Waals surface area contributed by atoms with E-state index in [1.165, 1.54) is 12.1 Å². The Kier molecular flexibility index (Phi) is 8.78. The van der Waals surface area contributed by atoms with E-state index in [2.05, 4.69) is 32.9 Å². The van der Waals surface area contributed by atoms with Crippen molar-refractivity contribution in [2.75, 3.05) is 26.4 Å². The number of halogens is 1. The third kappa shape index (κ3) is 8.18. The zero-order valence-electron chi connectivity index (χ0n) is 16.7. The van der Waals surface area contributed by atoms with E-state index in [9.17, 15) is 8.42 Å². The summed E-state index contributed by atoms with van der Waals surface area (Å²) in [6, 6.07) is 14.2. The zero-order chi connectivity index (χ0) is 22.1. The molecule has 0 saturated heterocycles. The summed E-state index contributed by atoms with van der Waals surface area (Å²) in [5.41, 5.74) is 1.43. The SMILES string of the molecule is NS(=O)(=O)c1cccc(Cn2cc(COCCOCCOc3ccc(I)cc3)nn2)c1. The molecule has 1 aromatic heterocycles. The maximum Gasteiger partial charge on any atom is 0.238 e. The highest BCUT2D eigenvalue weighted by atomic mass is 127. The predicted molar refractivity (Wildman–Crippen MR) is 122 cm³/mol. The molecular formula is C20H23IN4O5S. The van der Waals surface area contributed by atoms with Gasteiger partial charge < -0.3 is 14.2 Å². The standard InChI is InChI=1S/C20H23IN4O5S/c21-17-4-6-19(7-5-17)30-11-10-28-8-9-29-15-18-14-25(24-23-18)13-16-2-1-3-20(12-16)31(22,26)27/h1-7,12,14H,8-11,13,15H2,(H2,22,26,27). The van der Waals surface area contributed by atoms with Gasteiger partial charge in [0, 0.05) is 3.57 Å². The van der Waals surface area contributed by atoms with Crippen molar-refractivity contribution in [2.24, 2.45) is 5.14 Å². The van der Waals surface area contributed by atoms with Crippen LogP contribution in [0.1, 0.15) is 11.3 Å². The monoisotopic (exact) mass is 558 g/mol. The smallest absolute Gasteiger partial charge is 0.238 e. The zero-order valence-corrected chi connectivity index (χ0v) is 19.7. The van der Waals surface area contributed by atoms with Crippen LogP contribution >= 0.6 is 22.6 Å². The van der Waals surface area contributed by atoms with Crippen LogP contribution in [0.2, 0.25) is 0 Å². The molecule has 0 unspecified atom stereocenters. The van der Waals surface area contributed by atoms with Crippen molar-refractivity contribution in [2.45, 2.75) is 18.0 Å². The first kappa shape index (κ1) is 23.6. The molecule has 0 aliphatic heterocycles. The highest BCUT2D eigenvalue weighted by Crippen LogP contribution is 2.13. The molecule has 0 aliphatic rings. The number of rotatable bonds is 12. The van der Waals surface area contributed by atoms with E-state index in [-0.39, 0.29) is 4.90 Å². The molecule has 2 N–H and O–H groups in total. The van der Waals surface area contributed by atoms with Gasteiger partial charge in [-0.05, 0) is 64.6 Å². The molecule has 1 heterocycles. The van der Waals surface area contributed by atoms with Gasteiger partial charge in [0.25, 0.3) is 0 Å². The average Bonchev–Trinajstić information content (AvgIpc) is 3.18. The Morgan fingerprint density at radius 2 is 1.74 bits per heavy atom. The first-order valence-electron chi connectivity index (χ1n) is 9.45. The quantitative estimate of drug-likeness (QED) is 0.268. The Morgan fingerprint density at radius 1 is 1.00 bits per heavy atom. The first-order chi connectivity index (χ1) is 14.9. The fourth-order valence-corrected chi connectivity index (χ4v) is 3.58. The molecule has 0 radical (unpaired) electrons. The molecule has 0 fully saturated rings. The highest BCUT2D eigenvalue weighted by Gasteiger charge is 2.09. The molecule has 3 aromatic rings. The van der Waals surface area contributed by atoms with Crippen LogP contribution in [-0.2, 0) is 32.6 Å². The summed E-state index contributed by atoms with van der Waals surface area (Å²) in [6.45, 7) is 2.50. The normalized spacial score (nSPS) is 11.5. The molecule has 0 spiro atoms. The van der Waals surface area contributed by atoms with Gasteiger partial charge in [0.1, 0.15) is 18.1 Å². The van der Waals surface area contributed by atoms with Crippen molar-refractivity contribution in [3.63, 3.8) is 0 Å². The summed E-state index contributed by atoms with van der Waals surface area (Å²) in [5, 5.41) is 13.3. The summed E-state index contributed by atoms with van der Waals surface area (Å²) in [6.07, 6.45) is 1.75. The van der Waals surface area contributed by atoms with Crippen molar-refractivity contribution in [1.29, 1.82) is 0 Å². The lowest BCUT2D eigenvalue weighted by Crippen LogP contribution is -2.12. The number of benzene rings is 2. The molecule has 31 heavy (non-hydrogen) atoms. The molecule has 2 aromatic carbocycles. The van der Waals surface area contributed by atoms with Crippen LogP contribution in [0.25, 0.3) is 0 Å². The largest absolute Gasteiger partial charge is 0.491 e. The molecule has 0 atom stereocenters. The van der Waals surface area contributed by atoms with Crippen LogP contribution in [0.15, 0.2) is 59.6 Å². The Bertz CT molecular complexity index is 1070. The second-order valence-electron chi connectivity index (χ2n) is 6.57. The fourth-order valence-electron chi connectivity index (χ4n) is 2.64. The van der Waals surface area contributed by atoms with E-state index in [0.717, 1.165) is 14.9 Å². The van der Waals surface area contributed by atoms with Gasteiger partial charge in [0.2, 0.25) is 10.0 Å². The lowest BCUT2D eigenvalue weighted by molar-refractivity contribution is 0.0294. The molecule has 0 bridgehead atoms. The number of aromatic nitrogens is 3. The minimum absolute atomic E-state index is 0.0672. The van der Waals surface area contributed by atoms with Crippen LogP contribution in [0, 0.1) is 3.57 Å². The lowest BCUT2D eigenvalue weighted by atomic mass is 10.2. The maximum atomic E-state index is 11.5. The second-order valence-corrected chi connectivity index (χ2v) is 9.37. The maximum absolute atomic E-state index is 11.5. The van der Waals surface area contributed by atoms with E-state index in [1.54, 1.807) is 23.0 Å². The van der Waals surface area contributed by atoms with Crippen molar-refractivity contribution in [3.8, 4) is 5.75 Å². The Labute approximate surface area is 194 Å². The first-order valence-corrected chi connectivity index (χ1v) is 12.1. The lowest BCUT2D eigenvalue weighted by Gasteiger charge is -2.07. The Morgan fingerprint density at radius 3 is 2.52 bits per heavy atom. The number of primary sulfonamides is 1. The molecule has 0 aliphatic carbocycles. The van der Waals surface area contributed by atoms with Crippen LogP contribution < -0.4 is 9.88 Å². The van der Waals surface area contributed by atoms with Gasteiger partial charge in [-0.1, -0.05) is 17.3 Å². The van der Waals surface area contributed by atoms with Gasteiger partial charge in [-0.25, -0.2) is 18.2 Å². The second kappa shape index (κ2) is 11.5. The third-order valence-corrected chi connectivity index (χ3v) is 5.72. The third-order valence-electron chi connectivity index (χ3n) is 4.09. The van der Waals surface area contributed by atoms with Gasteiger partial charge in [-0.2, -0.15) is 0 Å². The van der Waals surface area contributed by atoms with Crippen LogP contribution in [0.5, 0.6) is 5.75 Å². The Balaban J connectivity index is 1.31. The number of nitrogens with zero attached hydrogens (tertiary/aromatic N) is 3. The molecule has 0 amide bonds. The molecule has 166 valence electrons. The van der Waals surface area contributed by atoms with Crippen molar-refractivity contribution < 1.29 is 22.6 Å². The van der Waals surface area contributed by atoms with Crippen molar-refractivity contribution >= 4 is 32.6 Å². The van der Waals surface area contributed by atoms with Crippen molar-refractivity contribution in [1.82, 2.24) is 15.0 Å². The summed E-state index contributed by atoms with van der Waals surface area (Å²) < 4.78 is 42.3. The summed E-state index contributed by atoms with van der Waals surface area (Å²) in [5.74, 6) is 0.819. The summed E-state index contributed by atoms with van der Waals surface area (Å²) in [7, 11) is -3.74. The number of nitrogens with two attached hydrogens (primary N) is 1. The van der Waals surface area contributed by atoms with E-state index < -0.39 is 10.0 Å². The topological polar surface area (TPSA) is 119 Å². The van der Waals surface area contributed by atoms with Crippen LogP contribution in [0.4, 0.5) is 0 Å². The minimum Gasteiger partial charge on any atom is -0.491 e. The average molecular weight is 558 g/mol. The minimum atomic E-state index is -3.74. The van der Waals surface area contributed by atoms with E-state index in [1.807, 2.05) is 24.3 Å².